The maximum atomic E-state index is 2.46. The Labute approximate surface area is 334 Å². The third kappa shape index (κ3) is 6.56. The monoisotopic (exact) mass is 725 g/mol. The molecule has 10 aromatic rings. The molecule has 0 unspecified atom stereocenters. The Balaban J connectivity index is 1.24. The summed E-state index contributed by atoms with van der Waals surface area (Å²) in [5, 5.41) is 5.01. The van der Waals surface area contributed by atoms with Gasteiger partial charge < -0.3 is 4.90 Å². The van der Waals surface area contributed by atoms with Crippen LogP contribution in [0.3, 0.4) is 0 Å². The standard InChI is InChI=1S/C56H39N/c1-4-19-40(20-5-1)45-35-46(41-21-6-2-7-22-41)38-48(37-45)57(56-34-17-16-33-54(56)52-31-13-12-28-49(52)42-23-8-3-9-24-42)47-27-18-26-43(36-47)55-39-44-25-10-11-29-50(44)51-30-14-15-32-53(51)55/h1-39H. The number of hydrogen-bond acceptors (Lipinski definition) is 1. The largest absolute Gasteiger partial charge is 0.310 e. The van der Waals surface area contributed by atoms with Gasteiger partial charge in [0.15, 0.2) is 0 Å². The summed E-state index contributed by atoms with van der Waals surface area (Å²) >= 11 is 0. The van der Waals surface area contributed by atoms with Gasteiger partial charge >= 0.3 is 0 Å². The van der Waals surface area contributed by atoms with E-state index in [1.807, 2.05) is 0 Å². The number of hydrogen-bond donors (Lipinski definition) is 0. The fourth-order valence-electron chi connectivity index (χ4n) is 8.35. The molecule has 1 nitrogen and oxygen atoms in total. The molecule has 10 rings (SSSR count). The number of nitrogens with zero attached hydrogens (tertiary/aromatic N) is 1. The summed E-state index contributed by atoms with van der Waals surface area (Å²) in [7, 11) is 0. The zero-order valence-electron chi connectivity index (χ0n) is 31.5. The molecule has 0 atom stereocenters. The third-order valence-corrected chi connectivity index (χ3v) is 11.0. The van der Waals surface area contributed by atoms with E-state index in [-0.39, 0.29) is 0 Å². The smallest absolute Gasteiger partial charge is 0.0540 e. The lowest BCUT2D eigenvalue weighted by Crippen LogP contribution is -2.12. The number of benzene rings is 10. The molecule has 0 amide bonds. The van der Waals surface area contributed by atoms with E-state index in [4.69, 9.17) is 0 Å². The van der Waals surface area contributed by atoms with Crippen LogP contribution < -0.4 is 4.90 Å². The Morgan fingerprint density at radius 1 is 0.228 bits per heavy atom. The fraction of sp³-hybridized carbons (Fsp3) is 0. The van der Waals surface area contributed by atoms with Crippen LogP contribution in [0.1, 0.15) is 0 Å². The van der Waals surface area contributed by atoms with E-state index >= 15 is 0 Å². The van der Waals surface area contributed by atoms with Crippen molar-refractivity contribution >= 4 is 38.6 Å². The summed E-state index contributed by atoms with van der Waals surface area (Å²) in [5.41, 5.74) is 15.1. The normalized spacial score (nSPS) is 11.2. The molecule has 0 aliphatic rings. The minimum Gasteiger partial charge on any atom is -0.310 e. The average molecular weight is 726 g/mol. The van der Waals surface area contributed by atoms with Gasteiger partial charge in [0.2, 0.25) is 0 Å². The van der Waals surface area contributed by atoms with Gasteiger partial charge in [0.05, 0.1) is 5.69 Å². The molecule has 0 radical (unpaired) electrons. The first-order valence-corrected chi connectivity index (χ1v) is 19.6. The summed E-state index contributed by atoms with van der Waals surface area (Å²) in [5.74, 6) is 0. The zero-order valence-corrected chi connectivity index (χ0v) is 31.5. The van der Waals surface area contributed by atoms with Crippen LogP contribution in [-0.2, 0) is 0 Å². The molecule has 0 aliphatic heterocycles. The number of anilines is 3. The van der Waals surface area contributed by atoms with Crippen molar-refractivity contribution in [3.8, 4) is 55.6 Å². The van der Waals surface area contributed by atoms with Gasteiger partial charge in [0, 0.05) is 16.9 Å². The highest BCUT2D eigenvalue weighted by Gasteiger charge is 2.21. The van der Waals surface area contributed by atoms with Crippen molar-refractivity contribution in [1.82, 2.24) is 0 Å². The van der Waals surface area contributed by atoms with Crippen LogP contribution in [0.4, 0.5) is 17.1 Å². The summed E-state index contributed by atoms with van der Waals surface area (Å²) in [6.07, 6.45) is 0. The van der Waals surface area contributed by atoms with Crippen LogP contribution in [0.2, 0.25) is 0 Å². The second-order valence-electron chi connectivity index (χ2n) is 14.5. The van der Waals surface area contributed by atoms with Crippen LogP contribution in [0.15, 0.2) is 237 Å². The van der Waals surface area contributed by atoms with E-state index < -0.39 is 0 Å². The van der Waals surface area contributed by atoms with Crippen molar-refractivity contribution in [1.29, 1.82) is 0 Å². The highest BCUT2D eigenvalue weighted by molar-refractivity contribution is 6.14. The predicted molar refractivity (Wildman–Crippen MR) is 243 cm³/mol. The quantitative estimate of drug-likeness (QED) is 0.141. The summed E-state index contributed by atoms with van der Waals surface area (Å²) in [4.78, 5) is 2.46. The van der Waals surface area contributed by atoms with Gasteiger partial charge in [-0.3, -0.25) is 0 Å². The molecular formula is C56H39N. The molecule has 10 aromatic carbocycles. The molecule has 0 bridgehead atoms. The number of para-hydroxylation sites is 1. The molecule has 0 aliphatic carbocycles. The van der Waals surface area contributed by atoms with Crippen LogP contribution in [0.5, 0.6) is 0 Å². The first-order valence-electron chi connectivity index (χ1n) is 19.6. The van der Waals surface area contributed by atoms with Crippen molar-refractivity contribution in [2.24, 2.45) is 0 Å². The fourth-order valence-corrected chi connectivity index (χ4v) is 8.35. The SMILES string of the molecule is c1ccc(-c2cc(-c3ccccc3)cc(N(c3cccc(-c4cc5ccccc5c5ccccc45)c3)c3ccccc3-c3ccccc3-c3ccccc3)c2)cc1. The van der Waals surface area contributed by atoms with Gasteiger partial charge in [0.1, 0.15) is 0 Å². The third-order valence-electron chi connectivity index (χ3n) is 11.0. The number of fused-ring (bicyclic) bond motifs is 3. The van der Waals surface area contributed by atoms with Crippen LogP contribution in [0.25, 0.3) is 77.2 Å². The first kappa shape index (κ1) is 34.0. The van der Waals surface area contributed by atoms with Gasteiger partial charge in [0.25, 0.3) is 0 Å². The number of rotatable bonds is 8. The van der Waals surface area contributed by atoms with Gasteiger partial charge in [-0.2, -0.15) is 0 Å². The molecule has 0 saturated heterocycles. The van der Waals surface area contributed by atoms with Crippen molar-refractivity contribution in [3.63, 3.8) is 0 Å². The van der Waals surface area contributed by atoms with Crippen molar-refractivity contribution in [2.75, 3.05) is 4.90 Å². The molecule has 0 saturated carbocycles. The van der Waals surface area contributed by atoms with E-state index in [9.17, 15) is 0 Å². The molecule has 0 heterocycles. The van der Waals surface area contributed by atoms with Crippen molar-refractivity contribution < 1.29 is 0 Å². The molecule has 57 heavy (non-hydrogen) atoms. The minimum absolute atomic E-state index is 1.08. The average Bonchev–Trinajstić information content (AvgIpc) is 3.30. The van der Waals surface area contributed by atoms with E-state index in [1.165, 1.54) is 60.5 Å². The second kappa shape index (κ2) is 15.0. The molecular weight excluding hydrogens is 687 g/mol. The Kier molecular flexibility index (Phi) is 8.95. The molecule has 0 spiro atoms. The Hall–Kier alpha value is -7.48. The minimum atomic E-state index is 1.08. The Morgan fingerprint density at radius 2 is 0.719 bits per heavy atom. The van der Waals surface area contributed by atoms with Gasteiger partial charge in [-0.05, 0) is 114 Å². The van der Waals surface area contributed by atoms with Gasteiger partial charge in [-0.25, -0.2) is 0 Å². The van der Waals surface area contributed by atoms with E-state index in [1.54, 1.807) is 0 Å². The highest BCUT2D eigenvalue weighted by Crippen LogP contribution is 2.46. The molecule has 0 aromatic heterocycles. The lowest BCUT2D eigenvalue weighted by Gasteiger charge is -2.30. The van der Waals surface area contributed by atoms with Crippen molar-refractivity contribution in [3.05, 3.63) is 237 Å². The van der Waals surface area contributed by atoms with Gasteiger partial charge in [-0.1, -0.05) is 194 Å². The molecule has 268 valence electrons. The molecule has 0 N–H and O–H groups in total. The van der Waals surface area contributed by atoms with Crippen LogP contribution in [0, 0.1) is 0 Å². The topological polar surface area (TPSA) is 3.24 Å². The Morgan fingerprint density at radius 3 is 1.40 bits per heavy atom. The molecule has 1 heteroatoms. The summed E-state index contributed by atoms with van der Waals surface area (Å²) in [6, 6.07) is 85.8. The summed E-state index contributed by atoms with van der Waals surface area (Å²) in [6.45, 7) is 0. The van der Waals surface area contributed by atoms with Gasteiger partial charge in [-0.15, -0.1) is 0 Å². The van der Waals surface area contributed by atoms with E-state index in [0.717, 1.165) is 33.8 Å². The highest BCUT2D eigenvalue weighted by atomic mass is 15.1. The van der Waals surface area contributed by atoms with E-state index in [0.29, 0.717) is 0 Å². The van der Waals surface area contributed by atoms with Crippen LogP contribution in [-0.4, -0.2) is 0 Å². The zero-order chi connectivity index (χ0) is 38.0. The lowest BCUT2D eigenvalue weighted by atomic mass is 9.92. The maximum absolute atomic E-state index is 2.46. The lowest BCUT2D eigenvalue weighted by molar-refractivity contribution is 1.28. The van der Waals surface area contributed by atoms with E-state index in [2.05, 4.69) is 241 Å². The summed E-state index contributed by atoms with van der Waals surface area (Å²) < 4.78 is 0. The molecule has 0 fully saturated rings. The first-order chi connectivity index (χ1) is 28.3. The van der Waals surface area contributed by atoms with Crippen LogP contribution >= 0.6 is 0 Å². The second-order valence-corrected chi connectivity index (χ2v) is 14.5. The predicted octanol–water partition coefficient (Wildman–Crippen LogP) is 15.8. The van der Waals surface area contributed by atoms with Crippen molar-refractivity contribution in [2.45, 2.75) is 0 Å². The Bertz CT molecular complexity index is 2950. The maximum Gasteiger partial charge on any atom is 0.0540 e.